The van der Waals surface area contributed by atoms with Crippen molar-refractivity contribution in [3.8, 4) is 6.07 Å². The molecular formula is C26H27F3N2O2. The minimum Gasteiger partial charge on any atom is -0.376 e. The van der Waals surface area contributed by atoms with Gasteiger partial charge < -0.3 is 10.0 Å². The van der Waals surface area contributed by atoms with Crippen LogP contribution in [-0.2, 0) is 5.60 Å². The molecule has 2 aliphatic rings. The zero-order chi connectivity index (χ0) is 23.8. The average molecular weight is 457 g/mol. The highest BCUT2D eigenvalue weighted by atomic mass is 19.4. The number of rotatable bonds is 5. The first-order valence-corrected chi connectivity index (χ1v) is 11.3. The molecule has 2 saturated carbocycles. The molecule has 0 aromatic heterocycles. The smallest absolute Gasteiger partial charge is 0.376 e. The Morgan fingerprint density at radius 2 is 1.58 bits per heavy atom. The van der Waals surface area contributed by atoms with Crippen molar-refractivity contribution in [3.63, 3.8) is 0 Å². The predicted molar refractivity (Wildman–Crippen MR) is 117 cm³/mol. The van der Waals surface area contributed by atoms with Crippen LogP contribution < -0.4 is 0 Å². The molecule has 0 bridgehead atoms. The maximum absolute atomic E-state index is 13.3. The van der Waals surface area contributed by atoms with E-state index in [0.717, 1.165) is 44.1 Å². The number of aliphatic hydroxyl groups is 1. The second-order valence-electron chi connectivity index (χ2n) is 9.33. The summed E-state index contributed by atoms with van der Waals surface area (Å²) in [7, 11) is 0. The number of amides is 1. The van der Waals surface area contributed by atoms with E-state index in [9.17, 15) is 23.1 Å². The van der Waals surface area contributed by atoms with Crippen molar-refractivity contribution in [3.05, 3.63) is 70.8 Å². The van der Waals surface area contributed by atoms with Gasteiger partial charge in [-0.05, 0) is 86.8 Å². The monoisotopic (exact) mass is 456 g/mol. The van der Waals surface area contributed by atoms with Crippen LogP contribution in [0.2, 0.25) is 0 Å². The van der Waals surface area contributed by atoms with E-state index in [4.69, 9.17) is 5.26 Å². The van der Waals surface area contributed by atoms with Gasteiger partial charge in [0.25, 0.3) is 5.91 Å². The number of hydrogen-bond donors (Lipinski definition) is 1. The molecule has 2 fully saturated rings. The first kappa shape index (κ1) is 23.3. The lowest BCUT2D eigenvalue weighted by Gasteiger charge is -2.37. The molecule has 0 unspecified atom stereocenters. The Morgan fingerprint density at radius 1 is 1.00 bits per heavy atom. The van der Waals surface area contributed by atoms with Crippen LogP contribution in [0.3, 0.4) is 0 Å². The molecule has 33 heavy (non-hydrogen) atoms. The van der Waals surface area contributed by atoms with Gasteiger partial charge in [0.1, 0.15) is 0 Å². The summed E-state index contributed by atoms with van der Waals surface area (Å²) in [4.78, 5) is 15.3. The van der Waals surface area contributed by atoms with Gasteiger partial charge in [-0.15, -0.1) is 0 Å². The first-order valence-electron chi connectivity index (χ1n) is 11.3. The number of carbonyl (C=O) groups excluding carboxylic acids is 1. The molecule has 0 heterocycles. The summed E-state index contributed by atoms with van der Waals surface area (Å²) >= 11 is 0. The van der Waals surface area contributed by atoms with Crippen LogP contribution in [0.15, 0.2) is 48.5 Å². The van der Waals surface area contributed by atoms with Crippen molar-refractivity contribution >= 4 is 5.91 Å². The van der Waals surface area contributed by atoms with Gasteiger partial charge in [0.2, 0.25) is 0 Å². The number of nitriles is 1. The topological polar surface area (TPSA) is 64.3 Å². The minimum atomic E-state index is -4.80. The molecule has 4 rings (SSSR count). The van der Waals surface area contributed by atoms with E-state index in [0.29, 0.717) is 24.0 Å². The molecule has 174 valence electrons. The van der Waals surface area contributed by atoms with Crippen LogP contribution in [0.5, 0.6) is 0 Å². The van der Waals surface area contributed by atoms with Gasteiger partial charge in [-0.3, -0.25) is 4.79 Å². The molecule has 2 aromatic carbocycles. The Morgan fingerprint density at radius 3 is 2.09 bits per heavy atom. The summed E-state index contributed by atoms with van der Waals surface area (Å²) in [5.41, 5.74) is -1.11. The van der Waals surface area contributed by atoms with Gasteiger partial charge in [0, 0.05) is 17.6 Å². The molecule has 2 aliphatic carbocycles. The Bertz CT molecular complexity index is 1040. The van der Waals surface area contributed by atoms with Crippen molar-refractivity contribution in [2.75, 3.05) is 0 Å². The molecule has 0 saturated heterocycles. The molecular weight excluding hydrogens is 429 g/mol. The normalized spacial score (nSPS) is 22.8. The van der Waals surface area contributed by atoms with Gasteiger partial charge in [-0.1, -0.05) is 24.3 Å². The fraction of sp³-hybridized carbons (Fsp3) is 0.462. The van der Waals surface area contributed by atoms with Crippen molar-refractivity contribution in [1.82, 2.24) is 4.90 Å². The van der Waals surface area contributed by atoms with E-state index in [-0.39, 0.29) is 23.6 Å². The van der Waals surface area contributed by atoms with E-state index in [2.05, 4.69) is 6.07 Å². The second kappa shape index (κ2) is 8.83. The largest absolute Gasteiger partial charge is 0.421 e. The van der Waals surface area contributed by atoms with Gasteiger partial charge in [0.15, 0.2) is 5.60 Å². The van der Waals surface area contributed by atoms with Crippen LogP contribution in [0.4, 0.5) is 13.2 Å². The summed E-state index contributed by atoms with van der Waals surface area (Å²) in [6.07, 6.45) is 0.624. The number of hydrogen-bond acceptors (Lipinski definition) is 3. The fourth-order valence-corrected chi connectivity index (χ4v) is 4.78. The lowest BCUT2D eigenvalue weighted by molar-refractivity contribution is -0.258. The van der Waals surface area contributed by atoms with E-state index >= 15 is 0 Å². The highest BCUT2D eigenvalue weighted by Gasteiger charge is 2.51. The van der Waals surface area contributed by atoms with E-state index in [1.807, 2.05) is 23.1 Å². The Kier molecular flexibility index (Phi) is 6.24. The molecule has 7 heteroatoms. The third-order valence-electron chi connectivity index (χ3n) is 7.00. The third-order valence-corrected chi connectivity index (χ3v) is 7.00. The second-order valence-corrected chi connectivity index (χ2v) is 9.33. The van der Waals surface area contributed by atoms with Crippen molar-refractivity contribution in [1.29, 1.82) is 5.26 Å². The molecule has 1 amide bonds. The standard InChI is InChI=1S/C26H27F3N2O2/c1-25(33,26(27,28)29)21-9-5-19(6-10-21)24(32)31(23-13-14-23)22-11-7-18(8-12-22)20-4-2-3-17(15-20)16-30/h2-6,9-10,15,18,22-23,33H,7-8,11-14H2,1H3/t18-,22-,25-/m0/s1. The lowest BCUT2D eigenvalue weighted by Crippen LogP contribution is -2.44. The van der Waals surface area contributed by atoms with Gasteiger partial charge in [-0.25, -0.2) is 0 Å². The van der Waals surface area contributed by atoms with E-state index in [1.165, 1.54) is 24.3 Å². The predicted octanol–water partition coefficient (Wildman–Crippen LogP) is 5.66. The molecule has 2 aromatic rings. The van der Waals surface area contributed by atoms with Crippen molar-refractivity contribution in [2.45, 2.75) is 75.2 Å². The Balaban J connectivity index is 1.46. The number of nitrogens with zero attached hydrogens (tertiary/aromatic N) is 2. The van der Waals surface area contributed by atoms with E-state index < -0.39 is 11.8 Å². The zero-order valence-electron chi connectivity index (χ0n) is 18.5. The lowest BCUT2D eigenvalue weighted by atomic mass is 9.80. The highest BCUT2D eigenvalue weighted by molar-refractivity contribution is 5.95. The van der Waals surface area contributed by atoms with Crippen LogP contribution in [0.25, 0.3) is 0 Å². The quantitative estimate of drug-likeness (QED) is 0.632. The van der Waals surface area contributed by atoms with Gasteiger partial charge in [0.05, 0.1) is 11.6 Å². The highest BCUT2D eigenvalue weighted by Crippen LogP contribution is 2.41. The van der Waals surface area contributed by atoms with Crippen molar-refractivity contribution < 1.29 is 23.1 Å². The Hall–Kier alpha value is -2.85. The molecule has 0 radical (unpaired) electrons. The van der Waals surface area contributed by atoms with Crippen molar-refractivity contribution in [2.24, 2.45) is 0 Å². The summed E-state index contributed by atoms with van der Waals surface area (Å²) < 4.78 is 39.4. The average Bonchev–Trinajstić information content (AvgIpc) is 3.64. The molecule has 4 nitrogen and oxygen atoms in total. The minimum absolute atomic E-state index is 0.0957. The summed E-state index contributed by atoms with van der Waals surface area (Å²) in [6, 6.07) is 15.3. The van der Waals surface area contributed by atoms with Crippen LogP contribution in [0, 0.1) is 11.3 Å². The van der Waals surface area contributed by atoms with Gasteiger partial charge in [-0.2, -0.15) is 18.4 Å². The maximum Gasteiger partial charge on any atom is 0.421 e. The summed E-state index contributed by atoms with van der Waals surface area (Å²) in [5.74, 6) is 0.195. The van der Waals surface area contributed by atoms with Gasteiger partial charge >= 0.3 is 6.18 Å². The summed E-state index contributed by atoms with van der Waals surface area (Å²) in [5, 5.41) is 19.0. The SMILES string of the molecule is C[C@](O)(c1ccc(C(=O)N(C2CC2)[C@H]2CC[C@H](c3cccc(C#N)c3)CC2)cc1)C(F)(F)F. The number of carbonyl (C=O) groups is 1. The van der Waals surface area contributed by atoms with Crippen LogP contribution >= 0.6 is 0 Å². The number of benzene rings is 2. The van der Waals surface area contributed by atoms with Crippen LogP contribution in [-0.4, -0.2) is 34.2 Å². The maximum atomic E-state index is 13.3. The number of halogens is 3. The third kappa shape index (κ3) is 4.77. The molecule has 1 atom stereocenters. The van der Waals surface area contributed by atoms with E-state index in [1.54, 1.807) is 6.07 Å². The summed E-state index contributed by atoms with van der Waals surface area (Å²) in [6.45, 7) is 0.713. The first-order chi connectivity index (χ1) is 15.6. The Labute approximate surface area is 191 Å². The molecule has 1 N–H and O–H groups in total. The number of alkyl halides is 3. The fourth-order valence-electron chi connectivity index (χ4n) is 4.78. The zero-order valence-corrected chi connectivity index (χ0v) is 18.5. The van der Waals surface area contributed by atoms with Crippen LogP contribution in [0.1, 0.15) is 78.4 Å². The molecule has 0 aliphatic heterocycles. The molecule has 0 spiro atoms.